The Balaban J connectivity index is 0.000000810. The summed E-state index contributed by atoms with van der Waals surface area (Å²) >= 11 is 0. The maximum Gasteiger partial charge on any atom is 0.114 e. The third-order valence-corrected chi connectivity index (χ3v) is 1.66. The van der Waals surface area contributed by atoms with Crippen LogP contribution in [0.15, 0.2) is 0 Å². The van der Waals surface area contributed by atoms with Gasteiger partial charge in [-0.2, -0.15) is 0 Å². The van der Waals surface area contributed by atoms with Crippen LogP contribution in [-0.2, 0) is 0 Å². The summed E-state index contributed by atoms with van der Waals surface area (Å²) in [4.78, 5) is 2.06. The molecule has 1 rings (SSSR count). The van der Waals surface area contributed by atoms with E-state index in [0.29, 0.717) is 19.5 Å². The molecule has 0 aliphatic carbocycles. The van der Waals surface area contributed by atoms with Crippen molar-refractivity contribution in [2.75, 3.05) is 26.2 Å². The van der Waals surface area contributed by atoms with Gasteiger partial charge < -0.3 is 5.73 Å². The van der Waals surface area contributed by atoms with E-state index in [0.717, 1.165) is 13.1 Å². The summed E-state index contributed by atoms with van der Waals surface area (Å²) in [6.07, 6.45) is 0.0940. The number of nitrogens with zero attached hydrogens (tertiary/aromatic N) is 1. The van der Waals surface area contributed by atoms with Gasteiger partial charge in [-0.25, -0.2) is 4.39 Å². The normalized spacial score (nSPS) is 26.4. The summed E-state index contributed by atoms with van der Waals surface area (Å²) in [5.41, 5.74) is 5.29. The molecule has 10 heavy (non-hydrogen) atoms. The second-order valence-electron chi connectivity index (χ2n) is 2.48. The Hall–Kier alpha value is 0.140. The quantitative estimate of drug-likeness (QED) is 0.648. The highest BCUT2D eigenvalue weighted by molar-refractivity contribution is 5.85. The number of hydrogen-bond acceptors (Lipinski definition) is 2. The van der Waals surface area contributed by atoms with Crippen molar-refractivity contribution in [2.24, 2.45) is 5.73 Å². The van der Waals surface area contributed by atoms with Gasteiger partial charge in [0.15, 0.2) is 0 Å². The van der Waals surface area contributed by atoms with Gasteiger partial charge in [0.2, 0.25) is 0 Å². The van der Waals surface area contributed by atoms with E-state index in [1.54, 1.807) is 0 Å². The van der Waals surface area contributed by atoms with E-state index in [2.05, 4.69) is 4.90 Å². The first-order valence-corrected chi connectivity index (χ1v) is 3.39. The van der Waals surface area contributed by atoms with Crippen LogP contribution in [-0.4, -0.2) is 37.3 Å². The molecule has 0 bridgehead atoms. The molecular weight excluding hydrogens is 155 g/mol. The van der Waals surface area contributed by atoms with Gasteiger partial charge in [-0.05, 0) is 6.42 Å². The summed E-state index contributed by atoms with van der Waals surface area (Å²) < 4.78 is 12.4. The van der Waals surface area contributed by atoms with Gasteiger partial charge in [-0.15, -0.1) is 12.4 Å². The molecule has 1 fully saturated rings. The van der Waals surface area contributed by atoms with E-state index in [4.69, 9.17) is 5.73 Å². The average molecular weight is 169 g/mol. The minimum absolute atomic E-state index is 0. The van der Waals surface area contributed by atoms with E-state index in [9.17, 15) is 4.39 Å². The summed E-state index contributed by atoms with van der Waals surface area (Å²) in [6.45, 7) is 2.97. The van der Waals surface area contributed by atoms with Gasteiger partial charge in [0.1, 0.15) is 6.17 Å². The van der Waals surface area contributed by atoms with Crippen molar-refractivity contribution in [1.29, 1.82) is 0 Å². The van der Waals surface area contributed by atoms with Gasteiger partial charge in [0.25, 0.3) is 0 Å². The zero-order chi connectivity index (χ0) is 6.69. The lowest BCUT2D eigenvalue weighted by molar-refractivity contribution is 0.293. The second-order valence-corrected chi connectivity index (χ2v) is 2.48. The van der Waals surface area contributed by atoms with Crippen LogP contribution < -0.4 is 5.73 Å². The zero-order valence-corrected chi connectivity index (χ0v) is 6.74. The molecule has 0 radical (unpaired) electrons. The Kier molecular flexibility index (Phi) is 4.95. The van der Waals surface area contributed by atoms with Gasteiger partial charge >= 0.3 is 0 Å². The fourth-order valence-electron chi connectivity index (χ4n) is 1.17. The van der Waals surface area contributed by atoms with Crippen molar-refractivity contribution in [1.82, 2.24) is 4.90 Å². The molecule has 0 aromatic heterocycles. The summed E-state index contributed by atoms with van der Waals surface area (Å²) in [5.74, 6) is 0. The molecule has 62 valence electrons. The molecule has 0 spiro atoms. The Morgan fingerprint density at radius 3 is 2.70 bits per heavy atom. The zero-order valence-electron chi connectivity index (χ0n) is 5.92. The highest BCUT2D eigenvalue weighted by Gasteiger charge is 2.20. The first kappa shape index (κ1) is 10.1. The van der Waals surface area contributed by atoms with Crippen LogP contribution in [0, 0.1) is 0 Å². The molecule has 4 heteroatoms. The fraction of sp³-hybridized carbons (Fsp3) is 1.00. The number of rotatable bonds is 2. The van der Waals surface area contributed by atoms with Crippen molar-refractivity contribution in [3.63, 3.8) is 0 Å². The molecule has 1 aliphatic rings. The first-order chi connectivity index (χ1) is 4.33. The molecule has 0 aromatic carbocycles. The summed E-state index contributed by atoms with van der Waals surface area (Å²) in [7, 11) is 0. The number of alkyl halides is 1. The van der Waals surface area contributed by atoms with Gasteiger partial charge in [-0.3, -0.25) is 4.90 Å². The highest BCUT2D eigenvalue weighted by Crippen LogP contribution is 2.10. The number of halogens is 2. The molecular formula is C6H14ClFN2. The predicted octanol–water partition coefficient (Wildman–Crippen LogP) is 0.411. The SMILES string of the molecule is Cl.NCCN1CCC(F)C1. The smallest absolute Gasteiger partial charge is 0.114 e. The second kappa shape index (κ2) is 4.88. The molecule has 1 heterocycles. The van der Waals surface area contributed by atoms with Crippen molar-refractivity contribution in [3.8, 4) is 0 Å². The minimum atomic E-state index is -0.600. The van der Waals surface area contributed by atoms with Gasteiger partial charge in [-0.1, -0.05) is 0 Å². The Bertz CT molecular complexity index is 89.8. The van der Waals surface area contributed by atoms with E-state index < -0.39 is 6.17 Å². The fourth-order valence-corrected chi connectivity index (χ4v) is 1.17. The first-order valence-electron chi connectivity index (χ1n) is 3.39. The Morgan fingerprint density at radius 1 is 1.60 bits per heavy atom. The van der Waals surface area contributed by atoms with Crippen LogP contribution in [0.4, 0.5) is 4.39 Å². The number of nitrogens with two attached hydrogens (primary N) is 1. The van der Waals surface area contributed by atoms with Crippen LogP contribution in [0.3, 0.4) is 0 Å². The van der Waals surface area contributed by atoms with Crippen molar-refractivity contribution < 1.29 is 4.39 Å². The molecule has 1 aliphatic heterocycles. The molecule has 0 amide bonds. The van der Waals surface area contributed by atoms with E-state index in [1.165, 1.54) is 0 Å². The van der Waals surface area contributed by atoms with Crippen molar-refractivity contribution in [2.45, 2.75) is 12.6 Å². The van der Waals surface area contributed by atoms with Crippen LogP contribution in [0.5, 0.6) is 0 Å². The molecule has 0 saturated carbocycles. The topological polar surface area (TPSA) is 29.3 Å². The molecule has 2 nitrogen and oxygen atoms in total. The minimum Gasteiger partial charge on any atom is -0.329 e. The number of likely N-dealkylation sites (tertiary alicyclic amines) is 1. The van der Waals surface area contributed by atoms with Crippen molar-refractivity contribution in [3.05, 3.63) is 0 Å². The summed E-state index contributed by atoms with van der Waals surface area (Å²) in [5, 5.41) is 0. The third kappa shape index (κ3) is 2.82. The van der Waals surface area contributed by atoms with Crippen LogP contribution in [0.2, 0.25) is 0 Å². The number of hydrogen-bond donors (Lipinski definition) is 1. The average Bonchev–Trinajstić information content (AvgIpc) is 2.17. The van der Waals surface area contributed by atoms with Crippen LogP contribution in [0.25, 0.3) is 0 Å². The van der Waals surface area contributed by atoms with E-state index in [-0.39, 0.29) is 12.4 Å². The molecule has 2 N–H and O–H groups in total. The molecule has 1 saturated heterocycles. The largest absolute Gasteiger partial charge is 0.329 e. The summed E-state index contributed by atoms with van der Waals surface area (Å²) in [6, 6.07) is 0. The lowest BCUT2D eigenvalue weighted by Gasteiger charge is -2.11. The predicted molar refractivity (Wildman–Crippen MR) is 42.3 cm³/mol. The van der Waals surface area contributed by atoms with Gasteiger partial charge in [0, 0.05) is 26.2 Å². The van der Waals surface area contributed by atoms with Crippen LogP contribution >= 0.6 is 12.4 Å². The monoisotopic (exact) mass is 168 g/mol. The molecule has 1 atom stereocenters. The van der Waals surface area contributed by atoms with E-state index in [1.807, 2.05) is 0 Å². The van der Waals surface area contributed by atoms with Crippen molar-refractivity contribution >= 4 is 12.4 Å². The van der Waals surface area contributed by atoms with E-state index >= 15 is 0 Å². The Morgan fingerprint density at radius 2 is 2.30 bits per heavy atom. The third-order valence-electron chi connectivity index (χ3n) is 1.66. The lowest BCUT2D eigenvalue weighted by Crippen LogP contribution is -2.27. The highest BCUT2D eigenvalue weighted by atomic mass is 35.5. The molecule has 1 unspecified atom stereocenters. The Labute approximate surface area is 67.0 Å². The molecule has 0 aromatic rings. The maximum absolute atomic E-state index is 12.4. The van der Waals surface area contributed by atoms with Crippen LogP contribution in [0.1, 0.15) is 6.42 Å². The lowest BCUT2D eigenvalue weighted by atomic mass is 10.3. The maximum atomic E-state index is 12.4. The standard InChI is InChI=1S/C6H13FN2.ClH/c7-6-1-3-9(5-6)4-2-8;/h6H,1-5,8H2;1H. The van der Waals surface area contributed by atoms with Gasteiger partial charge in [0.05, 0.1) is 0 Å².